The summed E-state index contributed by atoms with van der Waals surface area (Å²) in [6.07, 6.45) is 7.08. The minimum Gasteiger partial charge on any atom is -0.741 e. The largest absolute Gasteiger partial charge is 2.00 e. The molecule has 0 saturated heterocycles. The van der Waals surface area contributed by atoms with Gasteiger partial charge < -0.3 is 9.11 Å². The fourth-order valence-corrected chi connectivity index (χ4v) is 5.19. The molecule has 0 aliphatic carbocycles. The number of rotatable bonds is 2. The molecule has 2 aromatic carbocycles. The Bertz CT molecular complexity index is 3000. The van der Waals surface area contributed by atoms with Crippen LogP contribution in [0.1, 0.15) is 86.1 Å². The van der Waals surface area contributed by atoms with Gasteiger partial charge in [0.25, 0.3) is 0 Å². The van der Waals surface area contributed by atoms with Crippen molar-refractivity contribution < 1.29 is 71.8 Å². The molecule has 0 fully saturated rings. The number of aromatic nitrogens is 4. The molecule has 6 aromatic rings. The molecule has 0 spiro atoms. The minimum atomic E-state index is -6.09. The van der Waals surface area contributed by atoms with E-state index < -0.39 is 31.3 Å². The van der Waals surface area contributed by atoms with Crippen LogP contribution in [0.4, 0.5) is 26.3 Å². The summed E-state index contributed by atoms with van der Waals surface area (Å²) in [4.78, 5) is 17.9. The average molecular weight is 1030 g/mol. The second-order valence-electron chi connectivity index (χ2n) is 16.1. The molecule has 0 amide bonds. The van der Waals surface area contributed by atoms with E-state index in [4.69, 9.17) is 25.9 Å². The summed E-state index contributed by atoms with van der Waals surface area (Å²) >= 11 is 0. The van der Waals surface area contributed by atoms with Gasteiger partial charge in [-0.1, -0.05) is 101 Å². The van der Waals surface area contributed by atoms with Crippen molar-refractivity contribution in [3.8, 4) is 70.1 Å². The van der Waals surface area contributed by atoms with E-state index in [0.717, 1.165) is 56.2 Å². The molecule has 19 heteroatoms. The van der Waals surface area contributed by atoms with Gasteiger partial charge in [-0.15, -0.1) is 0 Å². The maximum Gasteiger partial charge on any atom is 2.00 e. The summed E-state index contributed by atoms with van der Waals surface area (Å²) in [5, 5.41) is 0. The topological polar surface area (TPSA) is 166 Å². The molecule has 0 N–H and O–H groups in total. The molecule has 10 nitrogen and oxygen atoms in total. The van der Waals surface area contributed by atoms with E-state index in [9.17, 15) is 26.3 Å². The monoisotopic (exact) mass is 1030 g/mol. The molecule has 0 radical (unpaired) electrons. The first-order chi connectivity index (χ1) is 31.5. The molecule has 4 heterocycles. The van der Waals surface area contributed by atoms with Crippen LogP contribution in [0, 0.1) is 47.4 Å². The molecule has 0 unspecified atom stereocenters. The van der Waals surface area contributed by atoms with Crippen LogP contribution >= 0.6 is 0 Å². The second-order valence-corrected chi connectivity index (χ2v) is 18.9. The summed E-state index contributed by atoms with van der Waals surface area (Å²) in [5.74, 6) is 25.9. The quantitative estimate of drug-likeness (QED) is 0.0536. The molecule has 0 saturated carbocycles. The van der Waals surface area contributed by atoms with Crippen LogP contribution in [0.25, 0.3) is 22.8 Å². The molecule has 4 aromatic heterocycles. The van der Waals surface area contributed by atoms with Crippen LogP contribution in [0.15, 0.2) is 122 Å². The van der Waals surface area contributed by atoms with Crippen molar-refractivity contribution >= 4 is 20.2 Å². The van der Waals surface area contributed by atoms with Gasteiger partial charge in [0, 0.05) is 58.2 Å². The molecule has 0 aliphatic rings. The van der Waals surface area contributed by atoms with Gasteiger partial charge in [-0.25, -0.2) is 16.8 Å². The first-order valence-electron chi connectivity index (χ1n) is 19.7. The van der Waals surface area contributed by atoms with Crippen molar-refractivity contribution in [2.45, 2.75) is 63.4 Å². The van der Waals surface area contributed by atoms with E-state index in [2.05, 4.69) is 133 Å². The van der Waals surface area contributed by atoms with Crippen LogP contribution in [-0.4, -0.2) is 56.9 Å². The average Bonchev–Trinajstić information content (AvgIpc) is 3.26. The van der Waals surface area contributed by atoms with Crippen molar-refractivity contribution in [2.75, 3.05) is 0 Å². The van der Waals surface area contributed by atoms with Crippen LogP contribution in [0.3, 0.4) is 0 Å². The Morgan fingerprint density at radius 3 is 1.03 bits per heavy atom. The maximum absolute atomic E-state index is 10.7. The zero-order valence-corrected chi connectivity index (χ0v) is 42.2. The molecule has 350 valence electrons. The smallest absolute Gasteiger partial charge is 0.741 e. The van der Waals surface area contributed by atoms with Crippen molar-refractivity contribution in [1.82, 2.24) is 19.9 Å². The Hall–Kier alpha value is -6.70. The molecule has 0 aliphatic heterocycles. The number of nitrogens with zero attached hydrogens (tertiary/aromatic N) is 4. The number of pyridine rings is 4. The third-order valence-corrected chi connectivity index (χ3v) is 9.99. The Balaban J connectivity index is 0.000000636. The predicted molar refractivity (Wildman–Crippen MR) is 242 cm³/mol. The van der Waals surface area contributed by atoms with Gasteiger partial charge in [-0.2, -0.15) is 26.3 Å². The van der Waals surface area contributed by atoms with Crippen LogP contribution < -0.4 is 0 Å². The van der Waals surface area contributed by atoms with Crippen molar-refractivity contribution in [1.29, 1.82) is 0 Å². The third-order valence-electron chi connectivity index (χ3n) is 8.86. The fourth-order valence-electron chi connectivity index (χ4n) is 5.19. The fraction of sp³-hybridized carbons (Fsp3) is 0.200. The standard InChI is InChI=1S/C48H38N4.2CHF3O3S.Zn/c1-47(2,3)41-25-23-37(39(31-41)21-17-35-19-27-45(51-33-35)43-15-9-11-29-49-43)13-7-8-14-38-24-26-42(48(4,5)6)32-40(38)22-18-36-20-28-46(52-34-36)44-16-10-12-30-50-44;2*2-1(3,4)8(5,6)7;/h9-12,15-16,19-20,23-34H,1-6H3;2*(H,5,6,7);/q;;;+2/p-2. The SMILES string of the molecule is CC(C)(C)c1ccc(C#CC#Cc2ccc(C(C)(C)C)cc2C#Cc2ccc(-c3ccccn3)nc2)c(C#Cc2ccc(-c3ccccn3)nc2)c1.O=S(=O)([O-])C(F)(F)F.O=S(=O)([O-])C(F)(F)F.[Zn+2]. The summed E-state index contributed by atoms with van der Waals surface area (Å²) in [5.41, 5.74) is -0.794. The van der Waals surface area contributed by atoms with E-state index in [1.165, 1.54) is 11.1 Å². The Labute approximate surface area is 409 Å². The molecular formula is C50H38F6N4O6S2Zn. The van der Waals surface area contributed by atoms with Crippen LogP contribution in [0.2, 0.25) is 0 Å². The third kappa shape index (κ3) is 17.7. The molecule has 0 bridgehead atoms. The number of hydrogen-bond acceptors (Lipinski definition) is 10. The van der Waals surface area contributed by atoms with Gasteiger partial charge in [0.15, 0.2) is 20.2 Å². The van der Waals surface area contributed by atoms with Crippen molar-refractivity contribution in [2.24, 2.45) is 0 Å². The van der Waals surface area contributed by atoms with E-state index in [1.54, 1.807) is 24.8 Å². The molecule has 69 heavy (non-hydrogen) atoms. The molecular weight excluding hydrogens is 996 g/mol. The van der Waals surface area contributed by atoms with E-state index >= 15 is 0 Å². The van der Waals surface area contributed by atoms with Gasteiger partial charge in [0.2, 0.25) is 0 Å². The Morgan fingerprint density at radius 1 is 0.435 bits per heavy atom. The second kappa shape index (κ2) is 23.5. The van der Waals surface area contributed by atoms with Crippen LogP contribution in [-0.2, 0) is 50.5 Å². The van der Waals surface area contributed by atoms with E-state index in [-0.39, 0.29) is 30.3 Å². The van der Waals surface area contributed by atoms with Gasteiger partial charge >= 0.3 is 30.5 Å². The van der Waals surface area contributed by atoms with Crippen LogP contribution in [0.5, 0.6) is 0 Å². The van der Waals surface area contributed by atoms with Gasteiger partial charge in [-0.05, 0) is 107 Å². The van der Waals surface area contributed by atoms with Crippen molar-refractivity contribution in [3.05, 3.63) is 166 Å². The van der Waals surface area contributed by atoms with E-state index in [1.807, 2.05) is 72.8 Å². The summed E-state index contributed by atoms with van der Waals surface area (Å²) in [6, 6.07) is 31.9. The number of alkyl halides is 6. The summed E-state index contributed by atoms with van der Waals surface area (Å²) in [6.45, 7) is 13.1. The zero-order valence-electron chi connectivity index (χ0n) is 37.6. The Kier molecular flexibility index (Phi) is 19.3. The maximum atomic E-state index is 10.7. The van der Waals surface area contributed by atoms with E-state index in [0.29, 0.717) is 0 Å². The zero-order chi connectivity index (χ0) is 50.6. The van der Waals surface area contributed by atoms with Gasteiger partial charge in [0.1, 0.15) is 0 Å². The number of hydrogen-bond donors (Lipinski definition) is 0. The normalized spacial score (nSPS) is 11.3. The van der Waals surface area contributed by atoms with Crippen molar-refractivity contribution in [3.63, 3.8) is 0 Å². The van der Waals surface area contributed by atoms with Gasteiger partial charge in [-0.3, -0.25) is 19.9 Å². The molecule has 6 rings (SSSR count). The Morgan fingerprint density at radius 2 is 0.768 bits per heavy atom. The summed E-state index contributed by atoms with van der Waals surface area (Å²) < 4.78 is 118. The predicted octanol–water partition coefficient (Wildman–Crippen LogP) is 9.50. The molecule has 0 atom stereocenters. The summed E-state index contributed by atoms with van der Waals surface area (Å²) in [7, 11) is -12.2. The number of halogens is 6. The van der Waals surface area contributed by atoms with Gasteiger partial charge in [0.05, 0.1) is 22.8 Å². The first-order valence-corrected chi connectivity index (χ1v) is 22.5. The minimum absolute atomic E-state index is 0. The number of benzene rings is 2. The first kappa shape index (κ1) is 56.6.